The zero-order chi connectivity index (χ0) is 37.9. The van der Waals surface area contributed by atoms with Gasteiger partial charge in [0.2, 0.25) is 0 Å². The molecule has 11 aromatic rings. The lowest BCUT2D eigenvalue weighted by Gasteiger charge is -2.16. The Kier molecular flexibility index (Phi) is 7.91. The molecule has 0 bridgehead atoms. The first-order valence-electron chi connectivity index (χ1n) is 19.4. The van der Waals surface area contributed by atoms with Crippen LogP contribution in [0.5, 0.6) is 0 Å². The van der Waals surface area contributed by atoms with E-state index in [4.69, 9.17) is 11.6 Å². The van der Waals surface area contributed by atoms with Crippen molar-refractivity contribution in [1.29, 1.82) is 0 Å². The second kappa shape index (κ2) is 13.6. The van der Waals surface area contributed by atoms with Gasteiger partial charge in [0, 0.05) is 32.8 Å². The predicted molar refractivity (Wildman–Crippen MR) is 242 cm³/mol. The number of hydrogen-bond acceptors (Lipinski definition) is 0. The van der Waals surface area contributed by atoms with Gasteiger partial charge in [0.15, 0.2) is 0 Å². The average Bonchev–Trinajstić information content (AvgIpc) is 3.80. The van der Waals surface area contributed by atoms with E-state index in [1.807, 2.05) is 12.1 Å². The van der Waals surface area contributed by atoms with E-state index in [2.05, 4.69) is 209 Å². The van der Waals surface area contributed by atoms with Crippen LogP contribution in [-0.4, -0.2) is 9.13 Å². The Morgan fingerprint density at radius 3 is 1.49 bits per heavy atom. The molecule has 9 aromatic carbocycles. The Labute approximate surface area is 336 Å². The van der Waals surface area contributed by atoms with Gasteiger partial charge in [0.05, 0.1) is 32.8 Å². The Balaban J connectivity index is 1.08. The monoisotopic (exact) mass is 746 g/mol. The lowest BCUT2D eigenvalue weighted by atomic mass is 9.98. The van der Waals surface area contributed by atoms with Crippen molar-refractivity contribution in [3.8, 4) is 55.9 Å². The van der Waals surface area contributed by atoms with Gasteiger partial charge < -0.3 is 9.13 Å². The van der Waals surface area contributed by atoms with Crippen LogP contribution in [0.25, 0.3) is 99.5 Å². The fourth-order valence-electron chi connectivity index (χ4n) is 8.72. The summed E-state index contributed by atoms with van der Waals surface area (Å²) in [6, 6.07) is 76.3. The Morgan fingerprint density at radius 1 is 0.298 bits per heavy atom. The summed E-state index contributed by atoms with van der Waals surface area (Å²) >= 11 is 7.04. The smallest absolute Gasteiger partial charge is 0.0556 e. The lowest BCUT2D eigenvalue weighted by molar-refractivity contribution is 1.18. The standard InChI is InChI=1S/C54H35ClN2/c55-48-20-12-22-52-54(48)47-34-41(27-32-51(47)56(52)43-28-23-38(24-29-43)36-13-4-1-5-14-36)40-26-31-50-46(33-40)45-19-10-11-21-49(45)57(50)53-35-42(37-15-6-2-7-16-37)25-30-44(53)39-17-8-3-9-18-39/h1-35H. The molecule has 0 unspecified atom stereocenters. The fraction of sp³-hybridized carbons (Fsp3) is 0. The van der Waals surface area contributed by atoms with E-state index in [9.17, 15) is 0 Å². The van der Waals surface area contributed by atoms with Gasteiger partial charge >= 0.3 is 0 Å². The maximum atomic E-state index is 7.04. The van der Waals surface area contributed by atoms with Gasteiger partial charge in [-0.25, -0.2) is 0 Å². The van der Waals surface area contributed by atoms with Gasteiger partial charge in [-0.2, -0.15) is 0 Å². The van der Waals surface area contributed by atoms with Crippen molar-refractivity contribution in [2.75, 3.05) is 0 Å². The summed E-state index contributed by atoms with van der Waals surface area (Å²) in [4.78, 5) is 0. The first-order chi connectivity index (χ1) is 28.2. The SMILES string of the molecule is Clc1cccc2c1c1cc(-c3ccc4c(c3)c3ccccc3n4-c3cc(-c4ccccc4)ccc3-c3ccccc3)ccc1n2-c1ccc(-c2ccccc2)cc1. The first kappa shape index (κ1) is 33.2. The summed E-state index contributed by atoms with van der Waals surface area (Å²) in [7, 11) is 0. The molecular weight excluding hydrogens is 712 g/mol. The van der Waals surface area contributed by atoms with Crippen LogP contribution in [0.2, 0.25) is 5.02 Å². The number of aromatic nitrogens is 2. The molecule has 0 saturated carbocycles. The highest BCUT2D eigenvalue weighted by Gasteiger charge is 2.19. The van der Waals surface area contributed by atoms with E-state index in [1.165, 1.54) is 55.2 Å². The number of halogens is 1. The molecule has 0 N–H and O–H groups in total. The molecule has 0 aliphatic heterocycles. The molecule has 0 radical (unpaired) electrons. The second-order valence-corrected chi connectivity index (χ2v) is 15.1. The maximum Gasteiger partial charge on any atom is 0.0556 e. The molecule has 57 heavy (non-hydrogen) atoms. The van der Waals surface area contributed by atoms with Crippen molar-refractivity contribution in [3.05, 3.63) is 217 Å². The van der Waals surface area contributed by atoms with Crippen LogP contribution in [0.15, 0.2) is 212 Å². The number of para-hydroxylation sites is 1. The van der Waals surface area contributed by atoms with E-state index < -0.39 is 0 Å². The number of benzene rings is 9. The van der Waals surface area contributed by atoms with Gasteiger partial charge in [0.25, 0.3) is 0 Å². The third-order valence-corrected chi connectivity index (χ3v) is 11.7. The highest BCUT2D eigenvalue weighted by atomic mass is 35.5. The summed E-state index contributed by atoms with van der Waals surface area (Å²) < 4.78 is 4.78. The highest BCUT2D eigenvalue weighted by molar-refractivity contribution is 6.38. The summed E-state index contributed by atoms with van der Waals surface area (Å²) in [6.07, 6.45) is 0. The number of hydrogen-bond donors (Lipinski definition) is 0. The van der Waals surface area contributed by atoms with Gasteiger partial charge in [-0.15, -0.1) is 0 Å². The van der Waals surface area contributed by atoms with Gasteiger partial charge in [0.1, 0.15) is 0 Å². The number of fused-ring (bicyclic) bond motifs is 6. The summed E-state index contributed by atoms with van der Waals surface area (Å²) in [5.74, 6) is 0. The minimum atomic E-state index is 0.750. The predicted octanol–water partition coefficient (Wildman–Crippen LogP) is 15.2. The summed E-state index contributed by atoms with van der Waals surface area (Å²) in [6.45, 7) is 0. The van der Waals surface area contributed by atoms with E-state index >= 15 is 0 Å². The van der Waals surface area contributed by atoms with Gasteiger partial charge in [-0.3, -0.25) is 0 Å². The molecule has 2 aromatic heterocycles. The molecule has 2 heterocycles. The van der Waals surface area contributed by atoms with Crippen molar-refractivity contribution in [3.63, 3.8) is 0 Å². The van der Waals surface area contributed by atoms with E-state index in [1.54, 1.807) is 0 Å². The van der Waals surface area contributed by atoms with Crippen LogP contribution in [-0.2, 0) is 0 Å². The Hall–Kier alpha value is -7.13. The zero-order valence-corrected chi connectivity index (χ0v) is 31.7. The average molecular weight is 747 g/mol. The molecule has 3 heteroatoms. The minimum absolute atomic E-state index is 0.750. The van der Waals surface area contributed by atoms with Gasteiger partial charge in [-0.1, -0.05) is 163 Å². The largest absolute Gasteiger partial charge is 0.309 e. The molecule has 268 valence electrons. The molecule has 2 nitrogen and oxygen atoms in total. The van der Waals surface area contributed by atoms with Crippen molar-refractivity contribution >= 4 is 55.2 Å². The van der Waals surface area contributed by atoms with Crippen LogP contribution >= 0.6 is 11.6 Å². The molecule has 0 atom stereocenters. The minimum Gasteiger partial charge on any atom is -0.309 e. The van der Waals surface area contributed by atoms with E-state index in [-0.39, 0.29) is 0 Å². The zero-order valence-electron chi connectivity index (χ0n) is 31.0. The normalized spacial score (nSPS) is 11.6. The van der Waals surface area contributed by atoms with E-state index in [0.717, 1.165) is 49.3 Å². The van der Waals surface area contributed by atoms with Crippen molar-refractivity contribution in [2.45, 2.75) is 0 Å². The summed E-state index contributed by atoms with van der Waals surface area (Å²) in [5.41, 5.74) is 16.3. The van der Waals surface area contributed by atoms with Crippen molar-refractivity contribution in [1.82, 2.24) is 9.13 Å². The Morgan fingerprint density at radius 2 is 0.789 bits per heavy atom. The van der Waals surface area contributed by atoms with Crippen LogP contribution in [0, 0.1) is 0 Å². The quantitative estimate of drug-likeness (QED) is 0.160. The van der Waals surface area contributed by atoms with Crippen LogP contribution < -0.4 is 0 Å². The number of rotatable bonds is 6. The van der Waals surface area contributed by atoms with Crippen molar-refractivity contribution in [2.24, 2.45) is 0 Å². The molecule has 11 rings (SSSR count). The molecule has 0 amide bonds. The van der Waals surface area contributed by atoms with Crippen LogP contribution in [0.4, 0.5) is 0 Å². The van der Waals surface area contributed by atoms with Gasteiger partial charge in [-0.05, 0) is 99.6 Å². The van der Waals surface area contributed by atoms with Crippen LogP contribution in [0.3, 0.4) is 0 Å². The molecular formula is C54H35ClN2. The third-order valence-electron chi connectivity index (χ3n) is 11.4. The first-order valence-corrected chi connectivity index (χ1v) is 19.7. The fourth-order valence-corrected chi connectivity index (χ4v) is 8.99. The topological polar surface area (TPSA) is 9.86 Å². The lowest BCUT2D eigenvalue weighted by Crippen LogP contribution is -1.98. The molecule has 0 saturated heterocycles. The molecule has 0 fully saturated rings. The van der Waals surface area contributed by atoms with Crippen LogP contribution in [0.1, 0.15) is 0 Å². The third kappa shape index (κ3) is 5.57. The van der Waals surface area contributed by atoms with Crippen molar-refractivity contribution < 1.29 is 0 Å². The highest BCUT2D eigenvalue weighted by Crippen LogP contribution is 2.42. The molecule has 0 aliphatic rings. The van der Waals surface area contributed by atoms with E-state index in [0.29, 0.717) is 0 Å². The molecule has 0 aliphatic carbocycles. The molecule has 0 spiro atoms. The second-order valence-electron chi connectivity index (χ2n) is 14.7. The Bertz CT molecular complexity index is 3270. The maximum absolute atomic E-state index is 7.04. The number of nitrogens with zero attached hydrogens (tertiary/aromatic N) is 2. The summed E-state index contributed by atoms with van der Waals surface area (Å²) in [5, 5.41) is 5.38.